The maximum Gasteiger partial charge on any atom is 0.251 e. The van der Waals surface area contributed by atoms with Gasteiger partial charge in [0.2, 0.25) is 0 Å². The number of anilines is 1. The average Bonchev–Trinajstić information content (AvgIpc) is 2.70. The van der Waals surface area contributed by atoms with Gasteiger partial charge in [-0.15, -0.1) is 0 Å². The summed E-state index contributed by atoms with van der Waals surface area (Å²) >= 11 is 0. The summed E-state index contributed by atoms with van der Waals surface area (Å²) in [5, 5.41) is 3.14. The minimum atomic E-state index is -0.0142. The molecule has 0 radical (unpaired) electrons. The number of hydrogen-bond donors (Lipinski definition) is 1. The molecule has 0 bridgehead atoms. The van der Waals surface area contributed by atoms with Crippen molar-refractivity contribution >= 4 is 11.6 Å². The number of carbonyl (C=O) groups is 1. The minimum absolute atomic E-state index is 0.0142. The van der Waals surface area contributed by atoms with Gasteiger partial charge in [0, 0.05) is 58.1 Å². The van der Waals surface area contributed by atoms with E-state index in [2.05, 4.69) is 51.3 Å². The fraction of sp³-hybridized carbons (Fsp3) is 0.409. The van der Waals surface area contributed by atoms with Gasteiger partial charge >= 0.3 is 0 Å². The van der Waals surface area contributed by atoms with Crippen LogP contribution in [0.15, 0.2) is 54.6 Å². The Morgan fingerprint density at radius 3 is 2.22 bits per heavy atom. The molecule has 1 amide bonds. The van der Waals surface area contributed by atoms with Crippen molar-refractivity contribution in [2.75, 3.05) is 58.8 Å². The number of amides is 1. The SMILES string of the molecule is CN1CCN([C@@H](CNC(=O)c2ccccc2)c2ccc(N(C)C)cc2)CC1. The molecule has 0 unspecified atom stereocenters. The lowest BCUT2D eigenvalue weighted by Gasteiger charge is -2.38. The van der Waals surface area contributed by atoms with E-state index >= 15 is 0 Å². The molecule has 0 saturated carbocycles. The lowest BCUT2D eigenvalue weighted by atomic mass is 10.0. The fourth-order valence-electron chi connectivity index (χ4n) is 3.47. The molecule has 1 aliphatic heterocycles. The highest BCUT2D eigenvalue weighted by atomic mass is 16.1. The summed E-state index contributed by atoms with van der Waals surface area (Å²) in [6.45, 7) is 4.74. The van der Waals surface area contributed by atoms with Gasteiger partial charge in [0.1, 0.15) is 0 Å². The van der Waals surface area contributed by atoms with E-state index < -0.39 is 0 Å². The van der Waals surface area contributed by atoms with Gasteiger partial charge in [-0.2, -0.15) is 0 Å². The third-order valence-corrected chi connectivity index (χ3v) is 5.26. The van der Waals surface area contributed by atoms with Gasteiger partial charge in [0.05, 0.1) is 6.04 Å². The first-order chi connectivity index (χ1) is 13.0. The highest BCUT2D eigenvalue weighted by molar-refractivity contribution is 5.94. The number of likely N-dealkylation sites (N-methyl/N-ethyl adjacent to an activating group) is 1. The normalized spacial score (nSPS) is 16.7. The van der Waals surface area contributed by atoms with Crippen molar-refractivity contribution in [3.8, 4) is 0 Å². The molecular weight excluding hydrogens is 336 g/mol. The van der Waals surface area contributed by atoms with Crippen molar-refractivity contribution < 1.29 is 4.79 Å². The molecule has 2 aromatic carbocycles. The monoisotopic (exact) mass is 366 g/mol. The second kappa shape index (κ2) is 9.02. The van der Waals surface area contributed by atoms with E-state index in [1.165, 1.54) is 11.3 Å². The molecule has 1 fully saturated rings. The molecule has 144 valence electrons. The standard InChI is InChI=1S/C22H30N4O/c1-24(2)20-11-9-18(10-12-20)21(26-15-13-25(3)14-16-26)17-23-22(27)19-7-5-4-6-8-19/h4-12,21H,13-17H2,1-3H3,(H,23,27)/t21-/m0/s1. The molecule has 5 heteroatoms. The molecular formula is C22H30N4O. The Morgan fingerprint density at radius 1 is 1.00 bits per heavy atom. The van der Waals surface area contributed by atoms with Gasteiger partial charge in [0.25, 0.3) is 5.91 Å². The number of nitrogens with zero attached hydrogens (tertiary/aromatic N) is 3. The van der Waals surface area contributed by atoms with Gasteiger partial charge in [-0.05, 0) is 36.9 Å². The Balaban J connectivity index is 1.74. The maximum absolute atomic E-state index is 12.5. The fourth-order valence-corrected chi connectivity index (χ4v) is 3.47. The van der Waals surface area contributed by atoms with Crippen molar-refractivity contribution in [3.05, 3.63) is 65.7 Å². The zero-order chi connectivity index (χ0) is 19.2. The minimum Gasteiger partial charge on any atom is -0.378 e. The summed E-state index contributed by atoms with van der Waals surface area (Å²) in [6, 6.07) is 18.3. The number of piperazine rings is 1. The van der Waals surface area contributed by atoms with E-state index in [9.17, 15) is 4.79 Å². The van der Waals surface area contributed by atoms with Crippen molar-refractivity contribution in [3.63, 3.8) is 0 Å². The number of hydrogen-bond acceptors (Lipinski definition) is 4. The lowest BCUT2D eigenvalue weighted by Crippen LogP contribution is -2.48. The Kier molecular flexibility index (Phi) is 6.48. The molecule has 0 aromatic heterocycles. The number of carbonyl (C=O) groups excluding carboxylic acids is 1. The van der Waals surface area contributed by atoms with Gasteiger partial charge < -0.3 is 15.1 Å². The Bertz CT molecular complexity index is 722. The van der Waals surface area contributed by atoms with Crippen LogP contribution >= 0.6 is 0 Å². The van der Waals surface area contributed by atoms with Crippen LogP contribution in [0, 0.1) is 0 Å². The van der Waals surface area contributed by atoms with E-state index in [0.29, 0.717) is 12.1 Å². The number of rotatable bonds is 6. The molecule has 0 aliphatic carbocycles. The molecule has 3 rings (SSSR count). The van der Waals surface area contributed by atoms with Crippen LogP contribution in [0.4, 0.5) is 5.69 Å². The summed E-state index contributed by atoms with van der Waals surface area (Å²) in [6.07, 6.45) is 0. The average molecular weight is 367 g/mol. The lowest BCUT2D eigenvalue weighted by molar-refractivity contribution is 0.0886. The van der Waals surface area contributed by atoms with Crippen molar-refractivity contribution in [2.45, 2.75) is 6.04 Å². The zero-order valence-electron chi connectivity index (χ0n) is 16.6. The summed E-state index contributed by atoms with van der Waals surface area (Å²) < 4.78 is 0. The molecule has 1 aliphatic rings. The topological polar surface area (TPSA) is 38.8 Å². The Hall–Kier alpha value is -2.37. The molecule has 0 spiro atoms. The first-order valence-electron chi connectivity index (χ1n) is 9.58. The molecule has 27 heavy (non-hydrogen) atoms. The van der Waals surface area contributed by atoms with Crippen LogP contribution in [0.25, 0.3) is 0 Å². The summed E-state index contributed by atoms with van der Waals surface area (Å²) in [5.74, 6) is -0.0142. The van der Waals surface area contributed by atoms with Crippen LogP contribution in [0.1, 0.15) is 22.0 Å². The van der Waals surface area contributed by atoms with E-state index in [-0.39, 0.29) is 11.9 Å². The van der Waals surface area contributed by atoms with Gasteiger partial charge in [-0.25, -0.2) is 0 Å². The van der Waals surface area contributed by atoms with E-state index in [1.54, 1.807) is 0 Å². The van der Waals surface area contributed by atoms with Crippen LogP contribution in [0.3, 0.4) is 0 Å². The van der Waals surface area contributed by atoms with E-state index in [1.807, 2.05) is 44.4 Å². The Labute approximate surface area is 162 Å². The van der Waals surface area contributed by atoms with E-state index in [4.69, 9.17) is 0 Å². The predicted molar refractivity (Wildman–Crippen MR) is 111 cm³/mol. The quantitative estimate of drug-likeness (QED) is 0.852. The van der Waals surface area contributed by atoms with Crippen molar-refractivity contribution in [1.82, 2.24) is 15.1 Å². The predicted octanol–water partition coefficient (Wildman–Crippen LogP) is 2.47. The summed E-state index contributed by atoms with van der Waals surface area (Å²) in [7, 11) is 6.26. The third kappa shape index (κ3) is 5.08. The van der Waals surface area contributed by atoms with Gasteiger partial charge in [-0.3, -0.25) is 9.69 Å². The third-order valence-electron chi connectivity index (χ3n) is 5.26. The number of nitrogens with one attached hydrogen (secondary N) is 1. The number of benzene rings is 2. The summed E-state index contributed by atoms with van der Waals surface area (Å²) in [5.41, 5.74) is 3.14. The molecule has 1 N–H and O–H groups in total. The van der Waals surface area contributed by atoms with Crippen LogP contribution in [-0.2, 0) is 0 Å². The van der Waals surface area contributed by atoms with Crippen LogP contribution in [-0.4, -0.2) is 69.6 Å². The zero-order valence-corrected chi connectivity index (χ0v) is 16.6. The maximum atomic E-state index is 12.5. The van der Waals surface area contributed by atoms with E-state index in [0.717, 1.165) is 26.2 Å². The Morgan fingerprint density at radius 2 is 1.63 bits per heavy atom. The molecule has 1 saturated heterocycles. The first-order valence-corrected chi connectivity index (χ1v) is 9.58. The molecule has 5 nitrogen and oxygen atoms in total. The van der Waals surface area contributed by atoms with Crippen molar-refractivity contribution in [1.29, 1.82) is 0 Å². The van der Waals surface area contributed by atoms with Crippen LogP contribution in [0.2, 0.25) is 0 Å². The second-order valence-electron chi connectivity index (χ2n) is 7.42. The highest BCUT2D eigenvalue weighted by Crippen LogP contribution is 2.24. The van der Waals surface area contributed by atoms with Crippen LogP contribution in [0.5, 0.6) is 0 Å². The largest absolute Gasteiger partial charge is 0.378 e. The summed E-state index contributed by atoms with van der Waals surface area (Å²) in [4.78, 5) is 19.5. The van der Waals surface area contributed by atoms with Gasteiger partial charge in [-0.1, -0.05) is 30.3 Å². The first kappa shape index (κ1) is 19.4. The molecule has 2 aromatic rings. The molecule has 1 atom stereocenters. The molecule has 1 heterocycles. The van der Waals surface area contributed by atoms with Crippen LogP contribution < -0.4 is 10.2 Å². The van der Waals surface area contributed by atoms with Crippen molar-refractivity contribution in [2.24, 2.45) is 0 Å². The highest BCUT2D eigenvalue weighted by Gasteiger charge is 2.24. The second-order valence-corrected chi connectivity index (χ2v) is 7.42. The smallest absolute Gasteiger partial charge is 0.251 e. The van der Waals surface area contributed by atoms with Gasteiger partial charge in [0.15, 0.2) is 0 Å².